The average molecular weight is 380 g/mol. The molecule has 0 unspecified atom stereocenters. The van der Waals surface area contributed by atoms with Crippen LogP contribution in [0, 0.1) is 13.8 Å². The van der Waals surface area contributed by atoms with E-state index >= 15 is 0 Å². The van der Waals surface area contributed by atoms with E-state index in [9.17, 15) is 4.79 Å². The van der Waals surface area contributed by atoms with E-state index in [0.717, 1.165) is 29.0 Å². The molecule has 1 aromatic heterocycles. The van der Waals surface area contributed by atoms with E-state index in [2.05, 4.69) is 33.1 Å². The predicted molar refractivity (Wildman–Crippen MR) is 106 cm³/mol. The zero-order chi connectivity index (χ0) is 19.9. The highest BCUT2D eigenvalue weighted by Gasteiger charge is 2.10. The fourth-order valence-corrected chi connectivity index (χ4v) is 2.71. The van der Waals surface area contributed by atoms with Gasteiger partial charge in [0.25, 0.3) is 0 Å². The van der Waals surface area contributed by atoms with Crippen molar-refractivity contribution in [2.75, 3.05) is 13.7 Å². The summed E-state index contributed by atoms with van der Waals surface area (Å²) in [4.78, 5) is 12.1. The minimum absolute atomic E-state index is 0.230. The molecule has 0 spiro atoms. The maximum atomic E-state index is 12.1. The van der Waals surface area contributed by atoms with Gasteiger partial charge in [-0.25, -0.2) is 4.79 Å². The molecule has 0 radical (unpaired) electrons. The van der Waals surface area contributed by atoms with Crippen LogP contribution in [0.2, 0.25) is 0 Å². The largest absolute Gasteiger partial charge is 0.497 e. The van der Waals surface area contributed by atoms with E-state index in [-0.39, 0.29) is 12.6 Å². The molecule has 3 aromatic rings. The lowest BCUT2D eigenvalue weighted by molar-refractivity contribution is 0.240. The van der Waals surface area contributed by atoms with E-state index in [0.29, 0.717) is 12.4 Å². The Morgan fingerprint density at radius 1 is 1.07 bits per heavy atom. The van der Waals surface area contributed by atoms with Gasteiger partial charge in [0.05, 0.1) is 19.3 Å². The van der Waals surface area contributed by atoms with Crippen LogP contribution >= 0.6 is 0 Å². The van der Waals surface area contributed by atoms with Gasteiger partial charge in [-0.3, -0.25) is 0 Å². The highest BCUT2D eigenvalue weighted by atomic mass is 16.5. The highest BCUT2D eigenvalue weighted by Crippen LogP contribution is 2.14. The quantitative estimate of drug-likeness (QED) is 0.656. The van der Waals surface area contributed by atoms with Gasteiger partial charge >= 0.3 is 6.03 Å². The van der Waals surface area contributed by atoms with Crippen LogP contribution in [0.25, 0.3) is 5.69 Å². The summed E-state index contributed by atoms with van der Waals surface area (Å²) in [7, 11) is 1.64. The normalized spacial score (nSPS) is 10.5. The predicted octanol–water partition coefficient (Wildman–Crippen LogP) is 2.33. The number of tetrazole rings is 1. The van der Waals surface area contributed by atoms with Crippen molar-refractivity contribution in [3.05, 3.63) is 65.0 Å². The van der Waals surface area contributed by atoms with Crippen molar-refractivity contribution >= 4 is 6.03 Å². The first-order valence-electron chi connectivity index (χ1n) is 9.06. The first-order chi connectivity index (χ1) is 13.6. The Balaban J connectivity index is 1.49. The van der Waals surface area contributed by atoms with Crippen LogP contribution in [-0.4, -0.2) is 39.9 Å². The summed E-state index contributed by atoms with van der Waals surface area (Å²) >= 11 is 0. The Labute approximate surface area is 163 Å². The van der Waals surface area contributed by atoms with Crippen molar-refractivity contribution in [3.8, 4) is 11.4 Å². The van der Waals surface area contributed by atoms with Gasteiger partial charge in [0.1, 0.15) is 5.75 Å². The number of carbonyl (C=O) groups is 1. The number of rotatable bonds is 7. The second-order valence-electron chi connectivity index (χ2n) is 6.48. The molecule has 2 aromatic carbocycles. The molecule has 2 N–H and O–H groups in total. The van der Waals surface area contributed by atoms with Gasteiger partial charge in [-0.2, -0.15) is 4.68 Å². The summed E-state index contributed by atoms with van der Waals surface area (Å²) in [5.74, 6) is 1.38. The monoisotopic (exact) mass is 380 g/mol. The number of amides is 2. The first-order valence-corrected chi connectivity index (χ1v) is 9.06. The second-order valence-corrected chi connectivity index (χ2v) is 6.48. The molecule has 28 heavy (non-hydrogen) atoms. The summed E-state index contributed by atoms with van der Waals surface area (Å²) < 4.78 is 6.76. The molecule has 1 heterocycles. The Morgan fingerprint density at radius 3 is 2.57 bits per heavy atom. The average Bonchev–Trinajstić information content (AvgIpc) is 3.17. The van der Waals surface area contributed by atoms with E-state index in [1.54, 1.807) is 11.8 Å². The number of methoxy groups -OCH3 is 1. The van der Waals surface area contributed by atoms with E-state index < -0.39 is 0 Å². The van der Waals surface area contributed by atoms with E-state index in [1.165, 1.54) is 5.56 Å². The van der Waals surface area contributed by atoms with Crippen molar-refractivity contribution in [3.63, 3.8) is 0 Å². The van der Waals surface area contributed by atoms with E-state index in [4.69, 9.17) is 4.74 Å². The molecule has 0 fully saturated rings. The number of carbonyl (C=O) groups excluding carboxylic acids is 1. The Kier molecular flexibility index (Phi) is 6.21. The number of nitrogens with one attached hydrogen (secondary N) is 2. The van der Waals surface area contributed by atoms with Crippen LogP contribution in [-0.2, 0) is 13.0 Å². The molecular formula is C20H24N6O2. The number of nitrogens with zero attached hydrogens (tertiary/aromatic N) is 4. The van der Waals surface area contributed by atoms with Gasteiger partial charge in [0.2, 0.25) is 0 Å². The van der Waals surface area contributed by atoms with E-state index in [1.807, 2.05) is 49.4 Å². The van der Waals surface area contributed by atoms with Crippen molar-refractivity contribution < 1.29 is 9.53 Å². The third-order valence-corrected chi connectivity index (χ3v) is 4.53. The number of ether oxygens (including phenoxy) is 1. The Morgan fingerprint density at radius 2 is 1.86 bits per heavy atom. The lowest BCUT2D eigenvalue weighted by Gasteiger charge is -2.09. The lowest BCUT2D eigenvalue weighted by atomic mass is 10.1. The molecule has 0 bridgehead atoms. The maximum absolute atomic E-state index is 12.1. The summed E-state index contributed by atoms with van der Waals surface area (Å²) in [5.41, 5.74) is 4.35. The molecule has 0 aliphatic rings. The summed E-state index contributed by atoms with van der Waals surface area (Å²) in [6, 6.07) is 13.5. The zero-order valence-corrected chi connectivity index (χ0v) is 16.3. The minimum Gasteiger partial charge on any atom is -0.497 e. The standard InChI is InChI=1S/C20H24N6O2/c1-14-4-7-17(12-15(14)2)26-19(23-24-25-26)13-22-20(27)21-11-10-16-5-8-18(28-3)9-6-16/h4-9,12H,10-11,13H2,1-3H3,(H2,21,22,27). The number of hydrogen-bond donors (Lipinski definition) is 2. The van der Waals surface area contributed by atoms with Gasteiger partial charge in [-0.05, 0) is 71.7 Å². The second kappa shape index (κ2) is 8.98. The first kappa shape index (κ1) is 19.3. The molecular weight excluding hydrogens is 356 g/mol. The smallest absolute Gasteiger partial charge is 0.315 e. The maximum Gasteiger partial charge on any atom is 0.315 e. The Hall–Kier alpha value is -3.42. The van der Waals surface area contributed by atoms with Crippen LogP contribution < -0.4 is 15.4 Å². The van der Waals surface area contributed by atoms with Gasteiger partial charge in [0, 0.05) is 6.54 Å². The third-order valence-electron chi connectivity index (χ3n) is 4.53. The molecule has 0 aliphatic carbocycles. The van der Waals surface area contributed by atoms with Gasteiger partial charge in [-0.1, -0.05) is 18.2 Å². The molecule has 3 rings (SSSR count). The summed E-state index contributed by atoms with van der Waals surface area (Å²) in [6.45, 7) is 4.85. The van der Waals surface area contributed by atoms with Crippen LogP contribution in [0.5, 0.6) is 5.75 Å². The summed E-state index contributed by atoms with van der Waals surface area (Å²) in [6.07, 6.45) is 0.734. The Bertz CT molecular complexity index is 936. The van der Waals surface area contributed by atoms with Crippen LogP contribution in [0.4, 0.5) is 4.79 Å². The van der Waals surface area contributed by atoms with Crippen molar-refractivity contribution in [2.45, 2.75) is 26.8 Å². The van der Waals surface area contributed by atoms with Crippen molar-refractivity contribution in [1.29, 1.82) is 0 Å². The zero-order valence-electron chi connectivity index (χ0n) is 16.3. The molecule has 0 aliphatic heterocycles. The van der Waals surface area contributed by atoms with Crippen LogP contribution in [0.1, 0.15) is 22.5 Å². The molecule has 8 heteroatoms. The fraction of sp³-hybridized carbons (Fsp3) is 0.300. The number of benzene rings is 2. The summed E-state index contributed by atoms with van der Waals surface area (Å²) in [5, 5.41) is 17.4. The molecule has 8 nitrogen and oxygen atoms in total. The molecule has 0 saturated carbocycles. The third kappa shape index (κ3) is 4.85. The lowest BCUT2D eigenvalue weighted by Crippen LogP contribution is -2.36. The topological polar surface area (TPSA) is 94.0 Å². The van der Waals surface area contributed by atoms with Gasteiger partial charge in [0.15, 0.2) is 5.82 Å². The van der Waals surface area contributed by atoms with Crippen LogP contribution in [0.15, 0.2) is 42.5 Å². The molecule has 0 atom stereocenters. The number of aromatic nitrogens is 4. The van der Waals surface area contributed by atoms with Crippen molar-refractivity contribution in [1.82, 2.24) is 30.8 Å². The number of hydrogen-bond acceptors (Lipinski definition) is 5. The SMILES string of the molecule is COc1ccc(CCNC(=O)NCc2nnnn2-c2ccc(C)c(C)c2)cc1. The highest BCUT2D eigenvalue weighted by molar-refractivity contribution is 5.73. The molecule has 0 saturated heterocycles. The molecule has 2 amide bonds. The number of urea groups is 1. The fourth-order valence-electron chi connectivity index (χ4n) is 2.71. The van der Waals surface area contributed by atoms with Gasteiger partial charge < -0.3 is 15.4 Å². The molecule has 146 valence electrons. The minimum atomic E-state index is -0.261. The van der Waals surface area contributed by atoms with Gasteiger partial charge in [-0.15, -0.1) is 5.10 Å². The van der Waals surface area contributed by atoms with Crippen molar-refractivity contribution in [2.24, 2.45) is 0 Å². The number of aryl methyl sites for hydroxylation is 2. The van der Waals surface area contributed by atoms with Crippen LogP contribution in [0.3, 0.4) is 0 Å².